The number of H-pyrrole nitrogens is 1. The van der Waals surface area contributed by atoms with Gasteiger partial charge in [-0.25, -0.2) is 4.79 Å². The number of hydrogen-bond acceptors (Lipinski definition) is 7. The van der Waals surface area contributed by atoms with E-state index in [1.165, 1.54) is 11.8 Å². The molecule has 0 saturated carbocycles. The van der Waals surface area contributed by atoms with Crippen LogP contribution in [0.5, 0.6) is 0 Å². The molecule has 3 amide bonds. The third kappa shape index (κ3) is 9.35. The van der Waals surface area contributed by atoms with Crippen molar-refractivity contribution in [3.8, 4) is 0 Å². The summed E-state index contributed by atoms with van der Waals surface area (Å²) in [5.41, 5.74) is 8.11. The second kappa shape index (κ2) is 15.6. The standard InChI is InChI=1S/C29H35N5O7S/c1-42-12-11-20(30)26(37)32-22(13-17-7-3-2-4-8-17)27(38)33-23(15-25(35)36)28(39)34-24(29(40)41)14-18-16-31-21-10-6-5-9-19(18)21/h2-10,16,20,22-24,31H,11-15,30H2,1H3,(H,32,37)(H,33,38)(H,34,39)(H,35,36)(H,40,41). The van der Waals surface area contributed by atoms with Crippen LogP contribution in [0, 0.1) is 0 Å². The molecular weight excluding hydrogens is 562 g/mol. The fourth-order valence-electron chi connectivity index (χ4n) is 4.36. The number of nitrogens with one attached hydrogen (secondary N) is 4. The van der Waals surface area contributed by atoms with Crippen LogP contribution in [0.1, 0.15) is 24.0 Å². The molecule has 13 heteroatoms. The van der Waals surface area contributed by atoms with Crippen LogP contribution in [0.15, 0.2) is 60.8 Å². The summed E-state index contributed by atoms with van der Waals surface area (Å²) in [4.78, 5) is 66.0. The number of carboxylic acid groups (broad SMARTS) is 2. The summed E-state index contributed by atoms with van der Waals surface area (Å²) in [5.74, 6) is -4.45. The Morgan fingerprint density at radius 1 is 0.833 bits per heavy atom. The predicted octanol–water partition coefficient (Wildman–Crippen LogP) is 1.05. The number of carbonyl (C=O) groups excluding carboxylic acids is 3. The number of benzene rings is 2. The number of fused-ring (bicyclic) bond motifs is 1. The number of nitrogens with two attached hydrogens (primary N) is 1. The Balaban J connectivity index is 1.77. The Bertz CT molecular complexity index is 1400. The molecule has 8 N–H and O–H groups in total. The van der Waals surface area contributed by atoms with Gasteiger partial charge in [0.2, 0.25) is 17.7 Å². The molecule has 3 aromatic rings. The largest absolute Gasteiger partial charge is 0.481 e. The topological polar surface area (TPSA) is 204 Å². The number of rotatable bonds is 16. The van der Waals surface area contributed by atoms with Gasteiger partial charge in [0.05, 0.1) is 12.5 Å². The fraction of sp³-hybridized carbons (Fsp3) is 0.345. The Morgan fingerprint density at radius 3 is 2.12 bits per heavy atom. The maximum atomic E-state index is 13.4. The molecule has 0 fully saturated rings. The van der Waals surface area contributed by atoms with E-state index in [0.29, 0.717) is 23.3 Å². The van der Waals surface area contributed by atoms with Gasteiger partial charge in [-0.15, -0.1) is 0 Å². The zero-order chi connectivity index (χ0) is 30.6. The summed E-state index contributed by atoms with van der Waals surface area (Å²) in [6.45, 7) is 0. The van der Waals surface area contributed by atoms with Crippen LogP contribution in [-0.4, -0.2) is 81.0 Å². The van der Waals surface area contributed by atoms with Crippen LogP contribution in [0.25, 0.3) is 10.9 Å². The Morgan fingerprint density at radius 2 is 1.45 bits per heavy atom. The van der Waals surface area contributed by atoms with Gasteiger partial charge in [0.1, 0.15) is 18.1 Å². The summed E-state index contributed by atoms with van der Waals surface area (Å²) in [5, 5.41) is 27.4. The van der Waals surface area contributed by atoms with E-state index in [0.717, 1.165) is 10.9 Å². The molecule has 12 nitrogen and oxygen atoms in total. The summed E-state index contributed by atoms with van der Waals surface area (Å²) in [6.07, 6.45) is 3.05. The van der Waals surface area contributed by atoms with Gasteiger partial charge in [-0.1, -0.05) is 48.5 Å². The van der Waals surface area contributed by atoms with E-state index in [1.54, 1.807) is 42.6 Å². The summed E-state index contributed by atoms with van der Waals surface area (Å²) < 4.78 is 0. The van der Waals surface area contributed by atoms with Crippen LogP contribution in [0.2, 0.25) is 0 Å². The molecule has 1 heterocycles. The highest BCUT2D eigenvalue weighted by Crippen LogP contribution is 2.19. The number of para-hydroxylation sites is 1. The number of aromatic amines is 1. The first-order chi connectivity index (χ1) is 20.1. The molecular formula is C29H35N5O7S. The molecule has 42 heavy (non-hydrogen) atoms. The fourth-order valence-corrected chi connectivity index (χ4v) is 4.85. The van der Waals surface area contributed by atoms with Gasteiger partial charge >= 0.3 is 11.9 Å². The van der Waals surface area contributed by atoms with E-state index in [2.05, 4.69) is 20.9 Å². The molecule has 4 unspecified atom stereocenters. The molecule has 3 rings (SSSR count). The van der Waals surface area contributed by atoms with Crippen LogP contribution in [0.4, 0.5) is 0 Å². The molecule has 1 aromatic heterocycles. The average Bonchev–Trinajstić information content (AvgIpc) is 3.37. The lowest BCUT2D eigenvalue weighted by atomic mass is 10.0. The monoisotopic (exact) mass is 597 g/mol. The SMILES string of the molecule is CSCCC(N)C(=O)NC(Cc1ccccc1)C(=O)NC(CC(=O)O)C(=O)NC(Cc1c[nH]c2ccccc12)C(=O)O. The summed E-state index contributed by atoms with van der Waals surface area (Å²) >= 11 is 1.52. The minimum absolute atomic E-state index is 0.0490. The second-order valence-corrected chi connectivity index (χ2v) is 10.7. The van der Waals surface area contributed by atoms with E-state index in [1.807, 2.05) is 24.5 Å². The highest BCUT2D eigenvalue weighted by molar-refractivity contribution is 7.98. The second-order valence-electron chi connectivity index (χ2n) is 9.76. The maximum Gasteiger partial charge on any atom is 0.326 e. The van der Waals surface area contributed by atoms with Crippen LogP contribution >= 0.6 is 11.8 Å². The lowest BCUT2D eigenvalue weighted by Crippen LogP contribution is -2.58. The molecule has 2 aromatic carbocycles. The molecule has 224 valence electrons. The Labute approximate surface area is 246 Å². The van der Waals surface area contributed by atoms with Crippen molar-refractivity contribution in [2.24, 2.45) is 5.73 Å². The first-order valence-corrected chi connectivity index (χ1v) is 14.7. The molecule has 0 aliphatic rings. The number of thioether (sulfide) groups is 1. The van der Waals surface area contributed by atoms with Gasteiger partial charge < -0.3 is 36.9 Å². The smallest absolute Gasteiger partial charge is 0.326 e. The Hall–Kier alpha value is -4.36. The van der Waals surface area contributed by atoms with E-state index in [9.17, 15) is 34.2 Å². The first-order valence-electron chi connectivity index (χ1n) is 13.3. The highest BCUT2D eigenvalue weighted by atomic mass is 32.2. The maximum absolute atomic E-state index is 13.4. The van der Waals surface area contributed by atoms with Crippen molar-refractivity contribution in [3.63, 3.8) is 0 Å². The number of aromatic nitrogens is 1. The highest BCUT2D eigenvalue weighted by Gasteiger charge is 2.32. The van der Waals surface area contributed by atoms with Crippen molar-refractivity contribution in [1.82, 2.24) is 20.9 Å². The quantitative estimate of drug-likeness (QED) is 0.126. The van der Waals surface area contributed by atoms with Gasteiger partial charge in [-0.3, -0.25) is 19.2 Å². The summed E-state index contributed by atoms with van der Waals surface area (Å²) in [6, 6.07) is 11.0. The molecule has 0 aliphatic carbocycles. The molecule has 0 aliphatic heterocycles. The van der Waals surface area contributed by atoms with E-state index in [4.69, 9.17) is 5.73 Å². The molecule has 0 radical (unpaired) electrons. The Kier molecular flexibility index (Phi) is 11.9. The minimum atomic E-state index is -1.61. The third-order valence-electron chi connectivity index (χ3n) is 6.61. The van der Waals surface area contributed by atoms with Gasteiger partial charge in [-0.05, 0) is 35.6 Å². The van der Waals surface area contributed by atoms with Crippen LogP contribution in [-0.2, 0) is 36.8 Å². The van der Waals surface area contributed by atoms with Crippen molar-refractivity contribution in [2.75, 3.05) is 12.0 Å². The van der Waals surface area contributed by atoms with Gasteiger partial charge in [0, 0.05) is 29.9 Å². The number of carboxylic acids is 2. The van der Waals surface area contributed by atoms with Crippen molar-refractivity contribution >= 4 is 52.3 Å². The van der Waals surface area contributed by atoms with Crippen LogP contribution < -0.4 is 21.7 Å². The van der Waals surface area contributed by atoms with E-state index in [-0.39, 0.29) is 12.8 Å². The van der Waals surface area contributed by atoms with E-state index >= 15 is 0 Å². The van der Waals surface area contributed by atoms with Gasteiger partial charge in [0.25, 0.3) is 0 Å². The predicted molar refractivity (Wildman–Crippen MR) is 159 cm³/mol. The molecule has 4 atom stereocenters. The average molecular weight is 598 g/mol. The molecule has 0 spiro atoms. The number of aliphatic carboxylic acids is 2. The van der Waals surface area contributed by atoms with Crippen molar-refractivity contribution in [2.45, 2.75) is 49.9 Å². The lowest BCUT2D eigenvalue weighted by molar-refractivity contribution is -0.143. The van der Waals surface area contributed by atoms with E-state index < -0.39 is 60.2 Å². The lowest BCUT2D eigenvalue weighted by Gasteiger charge is -2.25. The minimum Gasteiger partial charge on any atom is -0.481 e. The molecule has 0 bridgehead atoms. The number of hydrogen-bond donors (Lipinski definition) is 7. The number of carbonyl (C=O) groups is 5. The summed E-state index contributed by atoms with van der Waals surface area (Å²) in [7, 11) is 0. The van der Waals surface area contributed by atoms with Crippen molar-refractivity contribution in [1.29, 1.82) is 0 Å². The zero-order valence-electron chi connectivity index (χ0n) is 23.0. The van der Waals surface area contributed by atoms with Crippen molar-refractivity contribution in [3.05, 3.63) is 71.9 Å². The van der Waals surface area contributed by atoms with Crippen LogP contribution in [0.3, 0.4) is 0 Å². The first kappa shape index (κ1) is 32.2. The zero-order valence-corrected chi connectivity index (χ0v) is 23.9. The van der Waals surface area contributed by atoms with Crippen molar-refractivity contribution < 1.29 is 34.2 Å². The van der Waals surface area contributed by atoms with Gasteiger partial charge in [0.15, 0.2) is 0 Å². The third-order valence-corrected chi connectivity index (χ3v) is 7.25. The van der Waals surface area contributed by atoms with Gasteiger partial charge in [-0.2, -0.15) is 11.8 Å². The molecule has 0 saturated heterocycles. The number of amides is 3. The normalized spacial score (nSPS) is 13.9.